The zero-order valence-corrected chi connectivity index (χ0v) is 17.2. The fourth-order valence-corrected chi connectivity index (χ4v) is 3.52. The molecular formula is C25H20N2O5. The number of amides is 1. The van der Waals surface area contributed by atoms with Gasteiger partial charge in [0.1, 0.15) is 11.3 Å². The summed E-state index contributed by atoms with van der Waals surface area (Å²) in [4.78, 5) is 37.2. The predicted octanol–water partition coefficient (Wildman–Crippen LogP) is 4.85. The van der Waals surface area contributed by atoms with E-state index in [0.29, 0.717) is 17.8 Å². The summed E-state index contributed by atoms with van der Waals surface area (Å²) in [7, 11) is 0. The Balaban J connectivity index is 1.75. The molecule has 4 rings (SSSR count). The third kappa shape index (κ3) is 3.96. The zero-order chi connectivity index (χ0) is 22.7. The van der Waals surface area contributed by atoms with Crippen molar-refractivity contribution >= 4 is 28.6 Å². The number of ether oxygens (including phenoxy) is 1. The van der Waals surface area contributed by atoms with Gasteiger partial charge >= 0.3 is 12.0 Å². The summed E-state index contributed by atoms with van der Waals surface area (Å²) in [5, 5.41) is 12.4. The second kappa shape index (κ2) is 8.77. The molecule has 0 saturated carbocycles. The number of pyridine rings is 1. The smallest absolute Gasteiger partial charge is 0.341 e. The van der Waals surface area contributed by atoms with Gasteiger partial charge in [0, 0.05) is 17.1 Å². The number of hydrogen-bond acceptors (Lipinski definition) is 4. The maximum Gasteiger partial charge on any atom is 0.341 e. The normalized spacial score (nSPS) is 10.7. The Bertz CT molecular complexity index is 1370. The van der Waals surface area contributed by atoms with E-state index in [1.54, 1.807) is 30.3 Å². The number of fused-ring (bicyclic) bond motifs is 1. The summed E-state index contributed by atoms with van der Waals surface area (Å²) in [5.74, 6) is -0.643. The summed E-state index contributed by atoms with van der Waals surface area (Å²) in [6, 6.07) is 20.6. The Morgan fingerprint density at radius 2 is 1.66 bits per heavy atom. The number of carbonyl (C=O) groups excluding carboxylic acids is 1. The minimum Gasteiger partial charge on any atom is -0.494 e. The molecule has 160 valence electrons. The molecule has 0 atom stereocenters. The Hall–Kier alpha value is -4.39. The van der Waals surface area contributed by atoms with Crippen molar-refractivity contribution in [1.29, 1.82) is 0 Å². The van der Waals surface area contributed by atoms with E-state index < -0.39 is 23.0 Å². The van der Waals surface area contributed by atoms with E-state index in [1.807, 2.05) is 43.3 Å². The lowest BCUT2D eigenvalue weighted by Gasteiger charge is -2.15. The standard InChI is InChI=1S/C25H20N2O5/c1-2-32-17-13-11-16(12-14-17)18-7-3-5-9-21(18)26-25(31)27-15-20(24(29)30)23(28)19-8-4-6-10-22(19)27/h3-15H,2H2,1H3,(H,26,31)(H,29,30). The minimum absolute atomic E-state index is 0.155. The quantitative estimate of drug-likeness (QED) is 0.474. The third-order valence-corrected chi connectivity index (χ3v) is 5.01. The molecule has 32 heavy (non-hydrogen) atoms. The SMILES string of the molecule is CCOc1ccc(-c2ccccc2NC(=O)n2cc(C(=O)O)c(=O)c3ccccc32)cc1. The first kappa shape index (κ1) is 20.9. The number of benzene rings is 3. The molecule has 0 unspecified atom stereocenters. The van der Waals surface area contributed by atoms with Crippen molar-refractivity contribution in [3.63, 3.8) is 0 Å². The molecule has 1 aromatic heterocycles. The van der Waals surface area contributed by atoms with Crippen molar-refractivity contribution in [2.75, 3.05) is 11.9 Å². The molecule has 1 heterocycles. The van der Waals surface area contributed by atoms with Gasteiger partial charge in [0.25, 0.3) is 0 Å². The third-order valence-electron chi connectivity index (χ3n) is 5.01. The van der Waals surface area contributed by atoms with E-state index in [0.717, 1.165) is 27.6 Å². The molecule has 3 aromatic carbocycles. The largest absolute Gasteiger partial charge is 0.494 e. The summed E-state index contributed by atoms with van der Waals surface area (Å²) >= 11 is 0. The summed E-state index contributed by atoms with van der Waals surface area (Å²) < 4.78 is 6.63. The number of hydrogen-bond donors (Lipinski definition) is 2. The number of carboxylic acid groups (broad SMARTS) is 1. The Labute approximate surface area is 183 Å². The second-order valence-electron chi connectivity index (χ2n) is 7.00. The van der Waals surface area contributed by atoms with E-state index in [1.165, 1.54) is 6.07 Å². The summed E-state index contributed by atoms with van der Waals surface area (Å²) in [6.45, 7) is 2.48. The first-order valence-electron chi connectivity index (χ1n) is 10.0. The van der Waals surface area contributed by atoms with Crippen molar-refractivity contribution in [3.05, 3.63) is 94.8 Å². The Morgan fingerprint density at radius 3 is 2.38 bits per heavy atom. The number of aromatic carboxylic acids is 1. The van der Waals surface area contributed by atoms with E-state index in [-0.39, 0.29) is 5.39 Å². The van der Waals surface area contributed by atoms with Gasteiger partial charge in [0.15, 0.2) is 0 Å². The molecule has 0 radical (unpaired) electrons. The Morgan fingerprint density at radius 1 is 0.969 bits per heavy atom. The van der Waals surface area contributed by atoms with Crippen LogP contribution in [0.3, 0.4) is 0 Å². The summed E-state index contributed by atoms with van der Waals surface area (Å²) in [5.41, 5.74) is 1.42. The van der Waals surface area contributed by atoms with Gasteiger partial charge in [-0.05, 0) is 42.8 Å². The fourth-order valence-electron chi connectivity index (χ4n) is 3.52. The van der Waals surface area contributed by atoms with E-state index in [9.17, 15) is 19.5 Å². The van der Waals surface area contributed by atoms with Gasteiger partial charge in [-0.25, -0.2) is 9.59 Å². The molecule has 0 fully saturated rings. The number of carboxylic acids is 1. The van der Waals surface area contributed by atoms with Gasteiger partial charge in [0.05, 0.1) is 17.8 Å². The second-order valence-corrected chi connectivity index (χ2v) is 7.00. The number of aromatic nitrogens is 1. The molecule has 4 aromatic rings. The lowest BCUT2D eigenvalue weighted by molar-refractivity contribution is 0.0695. The topological polar surface area (TPSA) is 97.6 Å². The average Bonchev–Trinajstić information content (AvgIpc) is 2.80. The highest BCUT2D eigenvalue weighted by atomic mass is 16.5. The van der Waals surface area contributed by atoms with Crippen LogP contribution in [0, 0.1) is 0 Å². The van der Waals surface area contributed by atoms with Crippen LogP contribution in [-0.2, 0) is 0 Å². The van der Waals surface area contributed by atoms with Crippen LogP contribution in [0.15, 0.2) is 83.8 Å². The number of carbonyl (C=O) groups is 2. The first-order chi connectivity index (χ1) is 15.5. The lowest BCUT2D eigenvalue weighted by Crippen LogP contribution is -2.25. The van der Waals surface area contributed by atoms with Crippen LogP contribution in [0.25, 0.3) is 22.0 Å². The fraction of sp³-hybridized carbons (Fsp3) is 0.0800. The van der Waals surface area contributed by atoms with Crippen LogP contribution in [0.2, 0.25) is 0 Å². The maximum absolute atomic E-state index is 13.2. The van der Waals surface area contributed by atoms with E-state index in [4.69, 9.17) is 4.74 Å². The average molecular weight is 428 g/mol. The van der Waals surface area contributed by atoms with Crippen molar-refractivity contribution < 1.29 is 19.4 Å². The highest BCUT2D eigenvalue weighted by molar-refractivity contribution is 6.02. The molecular weight excluding hydrogens is 408 g/mol. The number of rotatable bonds is 5. The molecule has 0 spiro atoms. The minimum atomic E-state index is -1.39. The molecule has 0 aliphatic heterocycles. The summed E-state index contributed by atoms with van der Waals surface area (Å²) in [6.07, 6.45) is 1.06. The van der Waals surface area contributed by atoms with Crippen LogP contribution in [-0.4, -0.2) is 28.3 Å². The van der Waals surface area contributed by atoms with Crippen LogP contribution >= 0.6 is 0 Å². The monoisotopic (exact) mass is 428 g/mol. The number of nitrogens with zero attached hydrogens (tertiary/aromatic N) is 1. The molecule has 0 aliphatic carbocycles. The predicted molar refractivity (Wildman–Crippen MR) is 123 cm³/mol. The van der Waals surface area contributed by atoms with Crippen molar-refractivity contribution in [3.8, 4) is 16.9 Å². The van der Waals surface area contributed by atoms with Gasteiger partial charge in [0.2, 0.25) is 5.43 Å². The van der Waals surface area contributed by atoms with Gasteiger partial charge in [-0.15, -0.1) is 0 Å². The van der Waals surface area contributed by atoms with E-state index >= 15 is 0 Å². The van der Waals surface area contributed by atoms with Gasteiger partial charge < -0.3 is 15.2 Å². The zero-order valence-electron chi connectivity index (χ0n) is 17.2. The highest BCUT2D eigenvalue weighted by Crippen LogP contribution is 2.29. The van der Waals surface area contributed by atoms with Gasteiger partial charge in [-0.2, -0.15) is 0 Å². The van der Waals surface area contributed by atoms with E-state index in [2.05, 4.69) is 5.32 Å². The number of nitrogens with one attached hydrogen (secondary N) is 1. The van der Waals surface area contributed by atoms with Crippen LogP contribution in [0.5, 0.6) is 5.75 Å². The molecule has 1 amide bonds. The first-order valence-corrected chi connectivity index (χ1v) is 10.0. The highest BCUT2D eigenvalue weighted by Gasteiger charge is 2.18. The lowest BCUT2D eigenvalue weighted by atomic mass is 10.0. The van der Waals surface area contributed by atoms with Crippen LogP contribution in [0.4, 0.5) is 10.5 Å². The number of para-hydroxylation sites is 2. The Kier molecular flexibility index (Phi) is 5.72. The molecule has 2 N–H and O–H groups in total. The molecule has 0 saturated heterocycles. The molecule has 0 bridgehead atoms. The van der Waals surface area contributed by atoms with Crippen molar-refractivity contribution in [1.82, 2.24) is 4.57 Å². The molecule has 0 aliphatic rings. The van der Waals surface area contributed by atoms with Crippen LogP contribution in [0.1, 0.15) is 17.3 Å². The maximum atomic E-state index is 13.2. The van der Waals surface area contributed by atoms with Gasteiger partial charge in [-0.3, -0.25) is 9.36 Å². The van der Waals surface area contributed by atoms with Gasteiger partial charge in [-0.1, -0.05) is 42.5 Å². The van der Waals surface area contributed by atoms with Crippen molar-refractivity contribution in [2.24, 2.45) is 0 Å². The number of anilines is 1. The van der Waals surface area contributed by atoms with Crippen molar-refractivity contribution in [2.45, 2.75) is 6.92 Å². The van der Waals surface area contributed by atoms with Crippen LogP contribution < -0.4 is 15.5 Å². The molecule has 7 heteroatoms. The molecule has 7 nitrogen and oxygen atoms in total.